The molecule has 3 heteroatoms. The molecule has 1 aromatic carbocycles. The monoisotopic (exact) mass is 225 g/mol. The second-order valence-corrected chi connectivity index (χ2v) is 4.16. The molecule has 0 heterocycles. The number of nitrogens with one attached hydrogen (secondary N) is 1. The van der Waals surface area contributed by atoms with E-state index in [4.69, 9.17) is 4.74 Å². The average Bonchev–Trinajstić information content (AvgIpc) is 2.27. The lowest BCUT2D eigenvalue weighted by Crippen LogP contribution is -2.21. The molecule has 1 aromatic rings. The van der Waals surface area contributed by atoms with Crippen molar-refractivity contribution in [2.75, 3.05) is 20.8 Å². The number of halogens is 1. The highest BCUT2D eigenvalue weighted by Gasteiger charge is 2.16. The lowest BCUT2D eigenvalue weighted by atomic mass is 9.96. The number of hydrogen-bond donors (Lipinski definition) is 1. The molecule has 0 radical (unpaired) electrons. The summed E-state index contributed by atoms with van der Waals surface area (Å²) in [7, 11) is 3.55. The van der Waals surface area contributed by atoms with Gasteiger partial charge < -0.3 is 10.1 Å². The molecule has 0 aliphatic heterocycles. The van der Waals surface area contributed by atoms with Gasteiger partial charge in [0.25, 0.3) is 0 Å². The van der Waals surface area contributed by atoms with Crippen LogP contribution in [0.25, 0.3) is 0 Å². The van der Waals surface area contributed by atoms with Crippen LogP contribution in [-0.2, 0) is 4.74 Å². The summed E-state index contributed by atoms with van der Waals surface area (Å²) >= 11 is 0. The highest BCUT2D eigenvalue weighted by Crippen LogP contribution is 2.23. The summed E-state index contributed by atoms with van der Waals surface area (Å²) in [5.74, 6) is 0.258. The smallest absolute Gasteiger partial charge is 0.127 e. The number of ether oxygens (including phenoxy) is 1. The molecule has 0 aromatic heterocycles. The van der Waals surface area contributed by atoms with Gasteiger partial charge in [0.15, 0.2) is 0 Å². The molecule has 2 nitrogen and oxygen atoms in total. The van der Waals surface area contributed by atoms with Crippen LogP contribution in [0.1, 0.15) is 24.9 Å². The predicted molar refractivity (Wildman–Crippen MR) is 63.9 cm³/mol. The molecule has 0 aliphatic rings. The van der Waals surface area contributed by atoms with E-state index in [-0.39, 0.29) is 11.9 Å². The first-order chi connectivity index (χ1) is 7.69. The molecular formula is C13H20FNO. The van der Waals surface area contributed by atoms with Gasteiger partial charge in [-0.3, -0.25) is 0 Å². The molecule has 0 amide bonds. The molecule has 0 spiro atoms. The van der Waals surface area contributed by atoms with Gasteiger partial charge in [-0.1, -0.05) is 25.1 Å². The number of rotatable bonds is 6. The summed E-state index contributed by atoms with van der Waals surface area (Å²) in [6, 6.07) is 6.95. The van der Waals surface area contributed by atoms with E-state index in [1.807, 2.05) is 19.2 Å². The van der Waals surface area contributed by atoms with Gasteiger partial charge in [-0.2, -0.15) is 0 Å². The molecule has 2 unspecified atom stereocenters. The molecule has 0 aliphatic carbocycles. The molecule has 2 atom stereocenters. The van der Waals surface area contributed by atoms with Gasteiger partial charge in [-0.05, 0) is 25.5 Å². The minimum absolute atomic E-state index is 0.0475. The third-order valence-electron chi connectivity index (χ3n) is 2.72. The van der Waals surface area contributed by atoms with Gasteiger partial charge in [-0.25, -0.2) is 4.39 Å². The average molecular weight is 225 g/mol. The van der Waals surface area contributed by atoms with Crippen molar-refractivity contribution in [1.82, 2.24) is 5.32 Å². The summed E-state index contributed by atoms with van der Waals surface area (Å²) in [4.78, 5) is 0. The first kappa shape index (κ1) is 13.1. The molecule has 1 rings (SSSR count). The van der Waals surface area contributed by atoms with Gasteiger partial charge in [0.2, 0.25) is 0 Å². The van der Waals surface area contributed by atoms with Crippen LogP contribution in [0.2, 0.25) is 0 Å². The number of hydrogen-bond acceptors (Lipinski definition) is 2. The predicted octanol–water partition coefficient (Wildman–Crippen LogP) is 2.76. The lowest BCUT2D eigenvalue weighted by molar-refractivity contribution is 0.149. The zero-order valence-electron chi connectivity index (χ0n) is 10.2. The van der Waals surface area contributed by atoms with Crippen molar-refractivity contribution in [2.45, 2.75) is 19.4 Å². The fourth-order valence-corrected chi connectivity index (χ4v) is 1.91. The Morgan fingerprint density at radius 1 is 1.38 bits per heavy atom. The standard InChI is InChI=1S/C13H20FNO/c1-10(9-16-3)8-13(15-2)11-6-4-5-7-12(11)14/h4-7,10,13,15H,8-9H2,1-3H3. The molecule has 0 bridgehead atoms. The Morgan fingerprint density at radius 2 is 2.06 bits per heavy atom. The molecule has 16 heavy (non-hydrogen) atoms. The van der Waals surface area contributed by atoms with Crippen molar-refractivity contribution >= 4 is 0 Å². The highest BCUT2D eigenvalue weighted by atomic mass is 19.1. The largest absolute Gasteiger partial charge is 0.384 e. The first-order valence-corrected chi connectivity index (χ1v) is 5.59. The molecule has 90 valence electrons. The van der Waals surface area contributed by atoms with E-state index in [1.165, 1.54) is 6.07 Å². The van der Waals surface area contributed by atoms with Crippen LogP contribution in [0.4, 0.5) is 4.39 Å². The van der Waals surface area contributed by atoms with Gasteiger partial charge in [-0.15, -0.1) is 0 Å². The number of benzene rings is 1. The van der Waals surface area contributed by atoms with Crippen LogP contribution < -0.4 is 5.32 Å². The Kier molecular flexibility index (Phi) is 5.43. The summed E-state index contributed by atoms with van der Waals surface area (Å²) in [5.41, 5.74) is 0.730. The fraction of sp³-hybridized carbons (Fsp3) is 0.538. The second kappa shape index (κ2) is 6.61. The Bertz CT molecular complexity index is 317. The van der Waals surface area contributed by atoms with Gasteiger partial charge in [0, 0.05) is 25.3 Å². The van der Waals surface area contributed by atoms with E-state index in [2.05, 4.69) is 12.2 Å². The summed E-state index contributed by atoms with van der Waals surface area (Å²) < 4.78 is 18.7. The lowest BCUT2D eigenvalue weighted by Gasteiger charge is -2.21. The Morgan fingerprint density at radius 3 is 2.62 bits per heavy atom. The van der Waals surface area contributed by atoms with Crippen molar-refractivity contribution in [1.29, 1.82) is 0 Å². The fourth-order valence-electron chi connectivity index (χ4n) is 1.91. The molecular weight excluding hydrogens is 205 g/mol. The zero-order valence-corrected chi connectivity index (χ0v) is 10.2. The highest BCUT2D eigenvalue weighted by molar-refractivity contribution is 5.21. The maximum absolute atomic E-state index is 13.6. The van der Waals surface area contributed by atoms with Crippen LogP contribution in [0.15, 0.2) is 24.3 Å². The van der Waals surface area contributed by atoms with Gasteiger partial charge >= 0.3 is 0 Å². The molecule has 0 fully saturated rings. The molecule has 0 saturated heterocycles. The minimum Gasteiger partial charge on any atom is -0.384 e. The Balaban J connectivity index is 2.71. The van der Waals surface area contributed by atoms with E-state index >= 15 is 0 Å². The van der Waals surface area contributed by atoms with Crippen LogP contribution in [0.3, 0.4) is 0 Å². The maximum Gasteiger partial charge on any atom is 0.127 e. The first-order valence-electron chi connectivity index (χ1n) is 5.59. The summed E-state index contributed by atoms with van der Waals surface area (Å²) in [6.45, 7) is 2.81. The Labute approximate surface area is 96.8 Å². The molecule has 0 saturated carbocycles. The van der Waals surface area contributed by atoms with Crippen LogP contribution in [-0.4, -0.2) is 20.8 Å². The normalized spacial score (nSPS) is 14.8. The third-order valence-corrected chi connectivity index (χ3v) is 2.72. The van der Waals surface area contributed by atoms with Crippen molar-refractivity contribution in [3.63, 3.8) is 0 Å². The third kappa shape index (κ3) is 3.58. The minimum atomic E-state index is -0.147. The van der Waals surface area contributed by atoms with E-state index < -0.39 is 0 Å². The van der Waals surface area contributed by atoms with Crippen LogP contribution in [0.5, 0.6) is 0 Å². The SMILES string of the molecule is CNC(CC(C)COC)c1ccccc1F. The van der Waals surface area contributed by atoms with E-state index in [0.29, 0.717) is 12.5 Å². The van der Waals surface area contributed by atoms with Crippen molar-refractivity contribution in [3.05, 3.63) is 35.6 Å². The van der Waals surface area contributed by atoms with Crippen molar-refractivity contribution in [2.24, 2.45) is 5.92 Å². The van der Waals surface area contributed by atoms with Crippen molar-refractivity contribution in [3.8, 4) is 0 Å². The van der Waals surface area contributed by atoms with E-state index in [9.17, 15) is 4.39 Å². The molecule has 1 N–H and O–H groups in total. The topological polar surface area (TPSA) is 21.3 Å². The van der Waals surface area contributed by atoms with E-state index in [1.54, 1.807) is 13.2 Å². The maximum atomic E-state index is 13.6. The number of methoxy groups -OCH3 is 1. The van der Waals surface area contributed by atoms with E-state index in [0.717, 1.165) is 12.0 Å². The van der Waals surface area contributed by atoms with Gasteiger partial charge in [0.1, 0.15) is 5.82 Å². The quantitative estimate of drug-likeness (QED) is 0.803. The van der Waals surface area contributed by atoms with Crippen LogP contribution >= 0.6 is 0 Å². The summed E-state index contributed by atoms with van der Waals surface area (Å²) in [5, 5.41) is 3.15. The zero-order chi connectivity index (χ0) is 12.0. The second-order valence-electron chi connectivity index (χ2n) is 4.16. The van der Waals surface area contributed by atoms with Crippen LogP contribution in [0, 0.1) is 11.7 Å². The summed E-state index contributed by atoms with van der Waals surface area (Å²) in [6.07, 6.45) is 0.866. The van der Waals surface area contributed by atoms with Crippen molar-refractivity contribution < 1.29 is 9.13 Å². The Hall–Kier alpha value is -0.930. The van der Waals surface area contributed by atoms with Gasteiger partial charge in [0.05, 0.1) is 0 Å².